The van der Waals surface area contributed by atoms with E-state index in [0.717, 1.165) is 29.2 Å². The molecule has 6 nitrogen and oxygen atoms in total. The average Bonchev–Trinajstić information content (AvgIpc) is 2.68. The van der Waals surface area contributed by atoms with Crippen LogP contribution in [0.15, 0.2) is 53.5 Å². The molecule has 0 spiro atoms. The van der Waals surface area contributed by atoms with Gasteiger partial charge in [0.2, 0.25) is 0 Å². The van der Waals surface area contributed by atoms with Crippen molar-refractivity contribution in [3.8, 4) is 11.5 Å². The van der Waals surface area contributed by atoms with Crippen LogP contribution in [0.2, 0.25) is 0 Å². The Kier molecular flexibility index (Phi) is 8.45. The molecule has 2 aromatic rings. The van der Waals surface area contributed by atoms with Crippen molar-refractivity contribution >= 4 is 5.96 Å². The molecule has 0 bridgehead atoms. The van der Waals surface area contributed by atoms with E-state index in [1.807, 2.05) is 62.4 Å². The van der Waals surface area contributed by atoms with Gasteiger partial charge in [0, 0.05) is 13.1 Å². The van der Waals surface area contributed by atoms with Crippen LogP contribution in [0.1, 0.15) is 18.1 Å². The van der Waals surface area contributed by atoms with Crippen LogP contribution in [0, 0.1) is 6.92 Å². The number of hydrogen-bond acceptors (Lipinski definition) is 4. The molecule has 146 valence electrons. The van der Waals surface area contributed by atoms with Crippen molar-refractivity contribution < 1.29 is 14.6 Å². The first kappa shape index (κ1) is 20.6. The van der Waals surface area contributed by atoms with Gasteiger partial charge in [-0.25, -0.2) is 4.99 Å². The topological polar surface area (TPSA) is 75.1 Å². The van der Waals surface area contributed by atoms with Gasteiger partial charge in [-0.3, -0.25) is 0 Å². The van der Waals surface area contributed by atoms with E-state index in [0.29, 0.717) is 19.0 Å². The molecular weight excluding hydrogens is 342 g/mol. The quantitative estimate of drug-likeness (QED) is 0.466. The first-order valence-corrected chi connectivity index (χ1v) is 9.13. The molecule has 3 N–H and O–H groups in total. The van der Waals surface area contributed by atoms with Crippen LogP contribution in [-0.2, 0) is 6.54 Å². The highest BCUT2D eigenvalue weighted by atomic mass is 16.5. The Morgan fingerprint density at radius 1 is 1.11 bits per heavy atom. The average molecular weight is 371 g/mol. The van der Waals surface area contributed by atoms with Crippen LogP contribution in [0.5, 0.6) is 11.5 Å². The van der Waals surface area contributed by atoms with E-state index in [4.69, 9.17) is 9.47 Å². The minimum atomic E-state index is -0.647. The lowest BCUT2D eigenvalue weighted by atomic mass is 10.2. The Balaban J connectivity index is 1.83. The third-order valence-electron chi connectivity index (χ3n) is 3.84. The van der Waals surface area contributed by atoms with E-state index in [1.165, 1.54) is 0 Å². The van der Waals surface area contributed by atoms with Crippen molar-refractivity contribution in [3.63, 3.8) is 0 Å². The van der Waals surface area contributed by atoms with Gasteiger partial charge < -0.3 is 25.2 Å². The number of rotatable bonds is 9. The van der Waals surface area contributed by atoms with Gasteiger partial charge in [0.15, 0.2) is 5.96 Å². The van der Waals surface area contributed by atoms with Gasteiger partial charge in [0.1, 0.15) is 24.2 Å². The minimum absolute atomic E-state index is 0.214. The first-order valence-electron chi connectivity index (χ1n) is 9.13. The summed E-state index contributed by atoms with van der Waals surface area (Å²) >= 11 is 0. The summed E-state index contributed by atoms with van der Waals surface area (Å²) in [5.41, 5.74) is 2.18. The minimum Gasteiger partial charge on any atom is -0.497 e. The number of aliphatic hydroxyl groups is 1. The molecule has 0 radical (unpaired) electrons. The lowest BCUT2D eigenvalue weighted by molar-refractivity contribution is 0.110. The van der Waals surface area contributed by atoms with Crippen LogP contribution < -0.4 is 20.1 Å². The Bertz CT molecular complexity index is 734. The van der Waals surface area contributed by atoms with Gasteiger partial charge in [-0.15, -0.1) is 0 Å². The van der Waals surface area contributed by atoms with Crippen LogP contribution in [-0.4, -0.2) is 44.0 Å². The summed E-state index contributed by atoms with van der Waals surface area (Å²) in [5, 5.41) is 16.5. The fraction of sp³-hybridized carbons (Fsp3) is 0.381. The van der Waals surface area contributed by atoms with Gasteiger partial charge in [-0.05, 0) is 49.2 Å². The molecule has 1 atom stereocenters. The van der Waals surface area contributed by atoms with Crippen molar-refractivity contribution in [1.82, 2.24) is 10.6 Å². The molecule has 6 heteroatoms. The number of aliphatic imine (C=N–C) groups is 1. The molecule has 0 aromatic heterocycles. The molecule has 0 saturated heterocycles. The smallest absolute Gasteiger partial charge is 0.191 e. The van der Waals surface area contributed by atoms with E-state index < -0.39 is 6.10 Å². The normalized spacial score (nSPS) is 12.4. The highest BCUT2D eigenvalue weighted by Gasteiger charge is 2.07. The lowest BCUT2D eigenvalue weighted by Gasteiger charge is -2.16. The monoisotopic (exact) mass is 371 g/mol. The molecule has 2 aromatic carbocycles. The number of nitrogens with zero attached hydrogens (tertiary/aromatic N) is 1. The maximum Gasteiger partial charge on any atom is 0.191 e. The molecule has 0 saturated carbocycles. The van der Waals surface area contributed by atoms with Gasteiger partial charge in [0.05, 0.1) is 13.7 Å². The Hall–Kier alpha value is -2.73. The van der Waals surface area contributed by atoms with Gasteiger partial charge in [-0.1, -0.05) is 24.3 Å². The largest absolute Gasteiger partial charge is 0.497 e. The molecule has 0 heterocycles. The predicted molar refractivity (Wildman–Crippen MR) is 108 cm³/mol. The van der Waals surface area contributed by atoms with Crippen LogP contribution in [0.25, 0.3) is 0 Å². The zero-order valence-corrected chi connectivity index (χ0v) is 16.2. The fourth-order valence-corrected chi connectivity index (χ4v) is 2.45. The molecule has 0 fully saturated rings. The summed E-state index contributed by atoms with van der Waals surface area (Å²) in [6.07, 6.45) is -0.647. The number of hydrogen-bond donors (Lipinski definition) is 3. The van der Waals surface area contributed by atoms with E-state index in [-0.39, 0.29) is 6.61 Å². The van der Waals surface area contributed by atoms with Crippen LogP contribution >= 0.6 is 0 Å². The van der Waals surface area contributed by atoms with Gasteiger partial charge in [-0.2, -0.15) is 0 Å². The number of guanidine groups is 1. The van der Waals surface area contributed by atoms with Gasteiger partial charge in [0.25, 0.3) is 0 Å². The van der Waals surface area contributed by atoms with Crippen molar-refractivity contribution in [2.45, 2.75) is 26.5 Å². The number of nitrogens with one attached hydrogen (secondary N) is 2. The van der Waals surface area contributed by atoms with Gasteiger partial charge >= 0.3 is 0 Å². The molecule has 27 heavy (non-hydrogen) atoms. The van der Waals surface area contributed by atoms with Crippen molar-refractivity contribution in [2.75, 3.05) is 26.8 Å². The maximum atomic E-state index is 10.2. The summed E-state index contributed by atoms with van der Waals surface area (Å²) < 4.78 is 10.9. The highest BCUT2D eigenvalue weighted by Crippen LogP contribution is 2.13. The zero-order valence-electron chi connectivity index (χ0n) is 16.2. The van der Waals surface area contributed by atoms with Crippen molar-refractivity contribution in [2.24, 2.45) is 4.99 Å². The maximum absolute atomic E-state index is 10.2. The molecule has 2 rings (SSSR count). The number of aliphatic hydroxyl groups excluding tert-OH is 1. The number of aryl methyl sites for hydroxylation is 1. The Morgan fingerprint density at radius 2 is 1.89 bits per heavy atom. The second kappa shape index (κ2) is 11.1. The summed E-state index contributed by atoms with van der Waals surface area (Å²) in [4.78, 5) is 4.55. The summed E-state index contributed by atoms with van der Waals surface area (Å²) in [5.74, 6) is 2.21. The number of ether oxygens (including phenoxy) is 2. The zero-order chi connectivity index (χ0) is 19.5. The van der Waals surface area contributed by atoms with Crippen LogP contribution in [0.3, 0.4) is 0 Å². The molecule has 1 unspecified atom stereocenters. The van der Waals surface area contributed by atoms with E-state index in [9.17, 15) is 5.11 Å². The van der Waals surface area contributed by atoms with Crippen molar-refractivity contribution in [3.05, 3.63) is 59.7 Å². The molecular formula is C21H29N3O3. The summed E-state index contributed by atoms with van der Waals surface area (Å²) in [7, 11) is 1.65. The fourth-order valence-electron chi connectivity index (χ4n) is 2.45. The second-order valence-electron chi connectivity index (χ2n) is 6.21. The Labute approximate surface area is 161 Å². The standard InChI is InChI=1S/C21H29N3O3/c1-4-22-21(23-13-17-8-6-9-19(12-17)26-3)24-14-18(25)15-27-20-10-5-7-16(2)11-20/h5-12,18,25H,4,13-15H2,1-3H3,(H2,22,23,24). The van der Waals surface area contributed by atoms with Crippen molar-refractivity contribution in [1.29, 1.82) is 0 Å². The Morgan fingerprint density at radius 3 is 2.63 bits per heavy atom. The third kappa shape index (κ3) is 7.58. The van der Waals surface area contributed by atoms with E-state index >= 15 is 0 Å². The third-order valence-corrected chi connectivity index (χ3v) is 3.84. The molecule has 0 amide bonds. The molecule has 0 aliphatic carbocycles. The lowest BCUT2D eigenvalue weighted by Crippen LogP contribution is -2.42. The van der Waals surface area contributed by atoms with E-state index in [1.54, 1.807) is 7.11 Å². The first-order chi connectivity index (χ1) is 13.1. The number of benzene rings is 2. The van der Waals surface area contributed by atoms with Crippen LogP contribution in [0.4, 0.5) is 0 Å². The number of methoxy groups -OCH3 is 1. The summed E-state index contributed by atoms with van der Waals surface area (Å²) in [6.45, 7) is 5.82. The molecule has 0 aliphatic rings. The summed E-state index contributed by atoms with van der Waals surface area (Å²) in [6, 6.07) is 15.6. The molecule has 0 aliphatic heterocycles. The van der Waals surface area contributed by atoms with E-state index in [2.05, 4.69) is 15.6 Å². The highest BCUT2D eigenvalue weighted by molar-refractivity contribution is 5.79. The SMILES string of the molecule is CCNC(=NCc1cccc(OC)c1)NCC(O)COc1cccc(C)c1. The predicted octanol–water partition coefficient (Wildman–Crippen LogP) is 2.50. The second-order valence-corrected chi connectivity index (χ2v) is 6.21.